The first-order valence-corrected chi connectivity index (χ1v) is 10.3. The van der Waals surface area contributed by atoms with Crippen molar-refractivity contribution in [1.29, 1.82) is 0 Å². The van der Waals surface area contributed by atoms with Gasteiger partial charge in [-0.2, -0.15) is 0 Å². The predicted octanol–water partition coefficient (Wildman–Crippen LogP) is 5.38. The Balaban J connectivity index is 0.000000151. The van der Waals surface area contributed by atoms with Crippen molar-refractivity contribution in [2.24, 2.45) is 5.73 Å². The third-order valence-electron chi connectivity index (χ3n) is 6.00. The van der Waals surface area contributed by atoms with Crippen molar-refractivity contribution in [1.82, 2.24) is 0 Å². The van der Waals surface area contributed by atoms with Crippen LogP contribution in [0.1, 0.15) is 74.3 Å². The number of hydrogen-bond acceptors (Lipinski definition) is 2. The van der Waals surface area contributed by atoms with Crippen molar-refractivity contribution in [2.75, 3.05) is 0 Å². The van der Waals surface area contributed by atoms with Gasteiger partial charge in [-0.15, -0.1) is 0 Å². The lowest BCUT2D eigenvalue weighted by molar-refractivity contribution is 0.106. The molecule has 4 rings (SSSR count). The van der Waals surface area contributed by atoms with Gasteiger partial charge in [0.25, 0.3) is 0 Å². The third kappa shape index (κ3) is 5.18. The van der Waals surface area contributed by atoms with Crippen LogP contribution in [0.4, 0.5) is 0 Å². The van der Waals surface area contributed by atoms with Gasteiger partial charge in [0.1, 0.15) is 0 Å². The molecule has 2 fully saturated rings. The fourth-order valence-corrected chi connectivity index (χ4v) is 4.47. The second kappa shape index (κ2) is 9.89. The molecule has 0 bridgehead atoms. The van der Waals surface area contributed by atoms with Gasteiger partial charge in [0, 0.05) is 12.0 Å². The van der Waals surface area contributed by atoms with Gasteiger partial charge in [-0.05, 0) is 42.7 Å². The lowest BCUT2D eigenvalue weighted by Gasteiger charge is -2.28. The normalized spacial score (nSPS) is 28.7. The number of hydrogen-bond donors (Lipinski definition) is 2. The van der Waals surface area contributed by atoms with Crippen molar-refractivity contribution in [3.63, 3.8) is 0 Å². The topological polar surface area (TPSA) is 46.2 Å². The minimum absolute atomic E-state index is 0.115. The van der Waals surface area contributed by atoms with Crippen LogP contribution in [-0.2, 0) is 0 Å². The maximum absolute atomic E-state index is 9.82. The Kier molecular flexibility index (Phi) is 7.28. The standard InChI is InChI=1S/C12H17N.C12H16O/c2*13-12-9-5-4-8-11(12)10-6-2-1-3-7-10/h1-3,6-7,11-12H,4-5,8-9,13H2;1-3,6-7,11-13H,4-5,8-9H2/t11-,12-;11-,12+/m00/s1. The fraction of sp³-hybridized carbons (Fsp3) is 0.500. The summed E-state index contributed by atoms with van der Waals surface area (Å²) < 4.78 is 0. The molecule has 0 amide bonds. The Hall–Kier alpha value is -1.64. The van der Waals surface area contributed by atoms with E-state index in [0.29, 0.717) is 17.9 Å². The van der Waals surface area contributed by atoms with E-state index in [2.05, 4.69) is 54.6 Å². The number of rotatable bonds is 2. The van der Waals surface area contributed by atoms with Crippen molar-refractivity contribution in [3.8, 4) is 0 Å². The zero-order valence-electron chi connectivity index (χ0n) is 15.8. The third-order valence-corrected chi connectivity index (χ3v) is 6.00. The highest BCUT2D eigenvalue weighted by molar-refractivity contribution is 5.22. The molecular formula is C24H33NO. The van der Waals surface area contributed by atoms with Gasteiger partial charge >= 0.3 is 0 Å². The number of nitrogens with two attached hydrogens (primary N) is 1. The summed E-state index contributed by atoms with van der Waals surface area (Å²) in [6, 6.07) is 21.5. The first-order valence-electron chi connectivity index (χ1n) is 10.3. The molecule has 0 aromatic heterocycles. The molecule has 3 N–H and O–H groups in total. The van der Waals surface area contributed by atoms with Crippen LogP contribution >= 0.6 is 0 Å². The summed E-state index contributed by atoms with van der Waals surface area (Å²) in [5.74, 6) is 0.991. The van der Waals surface area contributed by atoms with E-state index in [4.69, 9.17) is 5.73 Å². The highest BCUT2D eigenvalue weighted by Crippen LogP contribution is 2.33. The van der Waals surface area contributed by atoms with E-state index in [1.807, 2.05) is 6.07 Å². The van der Waals surface area contributed by atoms with Crippen LogP contribution in [0, 0.1) is 0 Å². The van der Waals surface area contributed by atoms with Crippen LogP contribution in [-0.4, -0.2) is 17.3 Å². The van der Waals surface area contributed by atoms with Crippen molar-refractivity contribution in [2.45, 2.75) is 75.3 Å². The van der Waals surface area contributed by atoms with Crippen LogP contribution in [0.25, 0.3) is 0 Å². The molecule has 2 nitrogen and oxygen atoms in total. The molecule has 2 aliphatic rings. The molecule has 0 aliphatic heterocycles. The average molecular weight is 352 g/mol. The van der Waals surface area contributed by atoms with E-state index in [0.717, 1.165) is 12.8 Å². The Labute approximate surface area is 158 Å². The molecule has 2 aromatic carbocycles. The zero-order chi connectivity index (χ0) is 18.2. The molecule has 0 spiro atoms. The van der Waals surface area contributed by atoms with Gasteiger partial charge in [-0.25, -0.2) is 0 Å². The highest BCUT2D eigenvalue weighted by atomic mass is 16.3. The molecule has 0 unspecified atom stereocenters. The summed E-state index contributed by atoms with van der Waals surface area (Å²) >= 11 is 0. The zero-order valence-corrected chi connectivity index (χ0v) is 15.8. The van der Waals surface area contributed by atoms with E-state index in [1.54, 1.807) is 0 Å². The second-order valence-electron chi connectivity index (χ2n) is 7.83. The van der Waals surface area contributed by atoms with Gasteiger partial charge < -0.3 is 10.8 Å². The molecule has 2 heteroatoms. The van der Waals surface area contributed by atoms with E-state index < -0.39 is 0 Å². The predicted molar refractivity (Wildman–Crippen MR) is 109 cm³/mol. The molecule has 140 valence electrons. The van der Waals surface area contributed by atoms with E-state index >= 15 is 0 Å². The fourth-order valence-electron chi connectivity index (χ4n) is 4.47. The van der Waals surface area contributed by atoms with Gasteiger partial charge in [-0.3, -0.25) is 0 Å². The summed E-state index contributed by atoms with van der Waals surface area (Å²) in [6.07, 6.45) is 9.56. The van der Waals surface area contributed by atoms with Crippen molar-refractivity contribution in [3.05, 3.63) is 71.8 Å². The molecule has 4 atom stereocenters. The Bertz CT molecular complexity index is 570. The maximum Gasteiger partial charge on any atom is 0.0608 e. The molecule has 0 radical (unpaired) electrons. The summed E-state index contributed by atoms with van der Waals surface area (Å²) in [4.78, 5) is 0. The largest absolute Gasteiger partial charge is 0.392 e. The average Bonchev–Trinajstić information content (AvgIpc) is 2.71. The molecule has 2 saturated carbocycles. The smallest absolute Gasteiger partial charge is 0.0608 e. The van der Waals surface area contributed by atoms with Crippen LogP contribution in [0.2, 0.25) is 0 Å². The van der Waals surface area contributed by atoms with Crippen molar-refractivity contribution >= 4 is 0 Å². The van der Waals surface area contributed by atoms with Crippen LogP contribution in [0.3, 0.4) is 0 Å². The Morgan fingerprint density at radius 3 is 1.62 bits per heavy atom. The quantitative estimate of drug-likeness (QED) is 0.763. The molecule has 26 heavy (non-hydrogen) atoms. The molecule has 0 heterocycles. The minimum Gasteiger partial charge on any atom is -0.392 e. The van der Waals surface area contributed by atoms with Gasteiger partial charge in [0.15, 0.2) is 0 Å². The van der Waals surface area contributed by atoms with Crippen LogP contribution < -0.4 is 5.73 Å². The number of aliphatic hydroxyl groups excluding tert-OH is 1. The lowest BCUT2D eigenvalue weighted by Crippen LogP contribution is -2.31. The van der Waals surface area contributed by atoms with Crippen LogP contribution in [0.5, 0.6) is 0 Å². The monoisotopic (exact) mass is 351 g/mol. The summed E-state index contributed by atoms with van der Waals surface area (Å²) in [6.45, 7) is 0. The lowest BCUT2D eigenvalue weighted by atomic mass is 9.80. The molecular weight excluding hydrogens is 318 g/mol. The van der Waals surface area contributed by atoms with Gasteiger partial charge in [0.2, 0.25) is 0 Å². The van der Waals surface area contributed by atoms with E-state index in [1.165, 1.54) is 49.7 Å². The molecule has 0 saturated heterocycles. The van der Waals surface area contributed by atoms with Gasteiger partial charge in [-0.1, -0.05) is 86.3 Å². The summed E-state index contributed by atoms with van der Waals surface area (Å²) in [5, 5.41) is 9.82. The first kappa shape index (κ1) is 19.1. The van der Waals surface area contributed by atoms with Gasteiger partial charge in [0.05, 0.1) is 6.10 Å². The Morgan fingerprint density at radius 1 is 0.615 bits per heavy atom. The number of aliphatic hydroxyl groups is 1. The molecule has 2 aromatic rings. The summed E-state index contributed by atoms with van der Waals surface area (Å²) in [7, 11) is 0. The highest BCUT2D eigenvalue weighted by Gasteiger charge is 2.24. The van der Waals surface area contributed by atoms with E-state index in [9.17, 15) is 5.11 Å². The van der Waals surface area contributed by atoms with Crippen molar-refractivity contribution < 1.29 is 5.11 Å². The minimum atomic E-state index is -0.115. The molecule has 2 aliphatic carbocycles. The second-order valence-corrected chi connectivity index (χ2v) is 7.83. The van der Waals surface area contributed by atoms with E-state index in [-0.39, 0.29) is 6.10 Å². The first-order chi connectivity index (χ1) is 12.8. The SMILES string of the molecule is N[C@H]1CCCC[C@H]1c1ccccc1.O[C@@H]1CCCC[C@H]1c1ccccc1. The Morgan fingerprint density at radius 2 is 1.08 bits per heavy atom. The van der Waals surface area contributed by atoms with Crippen LogP contribution in [0.15, 0.2) is 60.7 Å². The summed E-state index contributed by atoms with van der Waals surface area (Å²) in [5.41, 5.74) is 8.84. The maximum atomic E-state index is 9.82. The number of benzene rings is 2.